The molecule has 7 nitrogen and oxygen atoms in total. The van der Waals surface area contributed by atoms with Crippen molar-refractivity contribution >= 4 is 16.8 Å². The molecule has 0 amide bonds. The summed E-state index contributed by atoms with van der Waals surface area (Å²) in [5.74, 6) is 0.853. The molecule has 2 aromatic carbocycles. The van der Waals surface area contributed by atoms with Crippen LogP contribution in [0.5, 0.6) is 5.75 Å². The Morgan fingerprint density at radius 2 is 1.93 bits per heavy atom. The van der Waals surface area contributed by atoms with Crippen LogP contribution in [0.4, 0.5) is 10.2 Å². The first kappa shape index (κ1) is 18.5. The fraction of sp³-hybridized carbons (Fsp3) is 0.227. The van der Waals surface area contributed by atoms with Gasteiger partial charge in [-0.25, -0.2) is 14.4 Å². The SMILES string of the molecule is COc1cc(F)ccc1-c1noc2c(-c3cncnc3N3CCOCC3)cccc12. The second-order valence-corrected chi connectivity index (χ2v) is 6.92. The molecule has 3 heterocycles. The first-order valence-electron chi connectivity index (χ1n) is 9.61. The van der Waals surface area contributed by atoms with Crippen LogP contribution in [0.25, 0.3) is 33.4 Å². The zero-order chi connectivity index (χ0) is 20.5. The number of halogens is 1. The van der Waals surface area contributed by atoms with Gasteiger partial charge in [0.25, 0.3) is 0 Å². The lowest BCUT2D eigenvalue weighted by molar-refractivity contribution is 0.122. The summed E-state index contributed by atoms with van der Waals surface area (Å²) in [7, 11) is 1.50. The highest BCUT2D eigenvalue weighted by molar-refractivity contribution is 6.01. The molecule has 0 radical (unpaired) electrons. The number of nitrogens with zero attached hydrogens (tertiary/aromatic N) is 4. The van der Waals surface area contributed by atoms with Gasteiger partial charge in [0.2, 0.25) is 0 Å². The summed E-state index contributed by atoms with van der Waals surface area (Å²) >= 11 is 0. The predicted molar refractivity (Wildman–Crippen MR) is 110 cm³/mol. The van der Waals surface area contributed by atoms with E-state index < -0.39 is 0 Å². The average Bonchev–Trinajstić information content (AvgIpc) is 3.23. The number of ether oxygens (including phenoxy) is 2. The van der Waals surface area contributed by atoms with Crippen molar-refractivity contribution in [2.45, 2.75) is 0 Å². The van der Waals surface area contributed by atoms with Crippen LogP contribution in [0.2, 0.25) is 0 Å². The molecule has 1 saturated heterocycles. The first-order valence-corrected chi connectivity index (χ1v) is 9.61. The van der Waals surface area contributed by atoms with E-state index >= 15 is 0 Å². The summed E-state index contributed by atoms with van der Waals surface area (Å²) < 4.78 is 30.2. The third-order valence-electron chi connectivity index (χ3n) is 5.21. The highest BCUT2D eigenvalue weighted by Gasteiger charge is 2.22. The van der Waals surface area contributed by atoms with E-state index in [9.17, 15) is 4.39 Å². The molecule has 0 atom stereocenters. The second-order valence-electron chi connectivity index (χ2n) is 6.92. The molecule has 4 aromatic rings. The van der Waals surface area contributed by atoms with Gasteiger partial charge in [-0.05, 0) is 18.2 Å². The number of methoxy groups -OCH3 is 1. The molecule has 30 heavy (non-hydrogen) atoms. The Balaban J connectivity index is 1.66. The van der Waals surface area contributed by atoms with Crippen LogP contribution in [0.15, 0.2) is 53.4 Å². The van der Waals surface area contributed by atoms with Gasteiger partial charge in [-0.15, -0.1) is 0 Å². The maximum absolute atomic E-state index is 13.6. The molecule has 152 valence electrons. The number of anilines is 1. The summed E-state index contributed by atoms with van der Waals surface area (Å²) in [6.45, 7) is 2.83. The summed E-state index contributed by atoms with van der Waals surface area (Å²) in [6.07, 6.45) is 3.33. The van der Waals surface area contributed by atoms with Gasteiger partial charge in [0.1, 0.15) is 29.4 Å². The minimum Gasteiger partial charge on any atom is -0.496 e. The van der Waals surface area contributed by atoms with Crippen LogP contribution >= 0.6 is 0 Å². The lowest BCUT2D eigenvalue weighted by Crippen LogP contribution is -2.37. The predicted octanol–water partition coefficient (Wildman–Crippen LogP) is 3.94. The summed E-state index contributed by atoms with van der Waals surface area (Å²) in [5, 5.41) is 5.08. The number of hydrogen-bond donors (Lipinski definition) is 0. The van der Waals surface area contributed by atoms with Crippen LogP contribution in [0, 0.1) is 5.82 Å². The van der Waals surface area contributed by atoms with Crippen LogP contribution in [-0.2, 0) is 4.74 Å². The van der Waals surface area contributed by atoms with E-state index in [0.29, 0.717) is 35.8 Å². The van der Waals surface area contributed by atoms with Gasteiger partial charge < -0.3 is 18.9 Å². The summed E-state index contributed by atoms with van der Waals surface area (Å²) in [4.78, 5) is 10.9. The molecule has 0 aliphatic carbocycles. The van der Waals surface area contributed by atoms with Gasteiger partial charge in [0.05, 0.1) is 25.7 Å². The number of rotatable bonds is 4. The standard InChI is InChI=1S/C22H19FN4O3/c1-28-19-11-14(23)5-6-16(19)20-17-4-2-3-15(21(17)30-26-20)18-12-24-13-25-22(18)27-7-9-29-10-8-27/h2-6,11-13H,7-10H2,1H3. The normalized spacial score (nSPS) is 14.3. The van der Waals surface area contributed by atoms with Crippen molar-refractivity contribution in [3.8, 4) is 28.1 Å². The van der Waals surface area contributed by atoms with Gasteiger partial charge in [-0.3, -0.25) is 0 Å². The van der Waals surface area contributed by atoms with E-state index in [1.807, 2.05) is 18.2 Å². The quantitative estimate of drug-likeness (QED) is 0.508. The molecule has 1 fully saturated rings. The highest BCUT2D eigenvalue weighted by atomic mass is 19.1. The van der Waals surface area contributed by atoms with E-state index in [1.165, 1.54) is 19.2 Å². The van der Waals surface area contributed by atoms with Crippen LogP contribution in [-0.4, -0.2) is 48.5 Å². The molecule has 1 aliphatic heterocycles. The van der Waals surface area contributed by atoms with Crippen LogP contribution in [0.1, 0.15) is 0 Å². The van der Waals surface area contributed by atoms with E-state index in [0.717, 1.165) is 35.4 Å². The topological polar surface area (TPSA) is 73.5 Å². The van der Waals surface area contributed by atoms with Gasteiger partial charge in [0.15, 0.2) is 5.58 Å². The number of aromatic nitrogens is 3. The third-order valence-corrected chi connectivity index (χ3v) is 5.21. The number of para-hydroxylation sites is 1. The Labute approximate surface area is 172 Å². The molecule has 8 heteroatoms. The molecular weight excluding hydrogens is 387 g/mol. The molecule has 0 unspecified atom stereocenters. The van der Waals surface area contributed by atoms with E-state index in [4.69, 9.17) is 14.0 Å². The maximum Gasteiger partial charge on any atom is 0.175 e. The molecule has 2 aromatic heterocycles. The average molecular weight is 406 g/mol. The Bertz CT molecular complexity index is 1200. The third kappa shape index (κ3) is 3.15. The molecule has 0 saturated carbocycles. The maximum atomic E-state index is 13.6. The van der Waals surface area contributed by atoms with E-state index in [1.54, 1.807) is 18.6 Å². The highest BCUT2D eigenvalue weighted by Crippen LogP contribution is 2.40. The van der Waals surface area contributed by atoms with Crippen molar-refractivity contribution in [2.24, 2.45) is 0 Å². The number of morpholine rings is 1. The Hall–Kier alpha value is -3.52. The lowest BCUT2D eigenvalue weighted by Gasteiger charge is -2.29. The van der Waals surface area contributed by atoms with Gasteiger partial charge in [0, 0.05) is 42.0 Å². The molecule has 0 spiro atoms. The van der Waals surface area contributed by atoms with Gasteiger partial charge >= 0.3 is 0 Å². The molecule has 5 rings (SSSR count). The molecule has 1 aliphatic rings. The minimum atomic E-state index is -0.374. The van der Waals surface area contributed by atoms with Crippen molar-refractivity contribution in [3.05, 3.63) is 54.7 Å². The largest absolute Gasteiger partial charge is 0.496 e. The zero-order valence-electron chi connectivity index (χ0n) is 16.3. The van der Waals surface area contributed by atoms with Crippen molar-refractivity contribution in [3.63, 3.8) is 0 Å². The van der Waals surface area contributed by atoms with Gasteiger partial charge in [-0.2, -0.15) is 0 Å². The molecule has 0 bridgehead atoms. The Morgan fingerprint density at radius 1 is 1.07 bits per heavy atom. The van der Waals surface area contributed by atoms with Crippen LogP contribution < -0.4 is 9.64 Å². The van der Waals surface area contributed by atoms with Crippen LogP contribution in [0.3, 0.4) is 0 Å². The van der Waals surface area contributed by atoms with E-state index in [-0.39, 0.29) is 5.82 Å². The fourth-order valence-electron chi connectivity index (χ4n) is 3.77. The van der Waals surface area contributed by atoms with Gasteiger partial charge in [-0.1, -0.05) is 17.3 Å². The number of benzene rings is 2. The molecule has 0 N–H and O–H groups in total. The smallest absolute Gasteiger partial charge is 0.175 e. The van der Waals surface area contributed by atoms with Crippen molar-refractivity contribution in [2.75, 3.05) is 38.3 Å². The first-order chi connectivity index (χ1) is 14.8. The Morgan fingerprint density at radius 3 is 2.77 bits per heavy atom. The minimum absolute atomic E-state index is 0.374. The summed E-state index contributed by atoms with van der Waals surface area (Å²) in [6, 6.07) is 10.2. The number of fused-ring (bicyclic) bond motifs is 1. The second kappa shape index (κ2) is 7.72. The fourth-order valence-corrected chi connectivity index (χ4v) is 3.77. The zero-order valence-corrected chi connectivity index (χ0v) is 16.3. The Kier molecular flexibility index (Phi) is 4.76. The molecular formula is C22H19FN4O3. The van der Waals surface area contributed by atoms with Crippen molar-refractivity contribution < 1.29 is 18.4 Å². The summed E-state index contributed by atoms with van der Waals surface area (Å²) in [5.41, 5.74) is 3.57. The van der Waals surface area contributed by atoms with E-state index in [2.05, 4.69) is 20.0 Å². The number of hydrogen-bond acceptors (Lipinski definition) is 7. The van der Waals surface area contributed by atoms with Crippen molar-refractivity contribution in [1.29, 1.82) is 0 Å². The lowest BCUT2D eigenvalue weighted by atomic mass is 10.0. The van der Waals surface area contributed by atoms with Crippen molar-refractivity contribution in [1.82, 2.24) is 15.1 Å². The monoisotopic (exact) mass is 406 g/mol.